The first-order chi connectivity index (χ1) is 8.33. The van der Waals surface area contributed by atoms with Gasteiger partial charge in [-0.25, -0.2) is 0 Å². The van der Waals surface area contributed by atoms with Crippen LogP contribution in [0.3, 0.4) is 0 Å². The fourth-order valence-electron chi connectivity index (χ4n) is 2.28. The number of piperidine rings is 1. The van der Waals surface area contributed by atoms with Crippen LogP contribution in [0.25, 0.3) is 0 Å². The Labute approximate surface area is 110 Å². The summed E-state index contributed by atoms with van der Waals surface area (Å²) >= 11 is 1.93. The molecule has 1 fully saturated rings. The smallest absolute Gasteiger partial charge is 0.0438 e. The molecule has 3 nitrogen and oxygen atoms in total. The Morgan fingerprint density at radius 1 is 1.41 bits per heavy atom. The molecule has 0 radical (unpaired) electrons. The fourth-order valence-corrected chi connectivity index (χ4v) is 3.08. The molecule has 2 unspecified atom stereocenters. The summed E-state index contributed by atoms with van der Waals surface area (Å²) in [7, 11) is 0. The summed E-state index contributed by atoms with van der Waals surface area (Å²) < 4.78 is 0. The van der Waals surface area contributed by atoms with Crippen molar-refractivity contribution in [3.05, 3.63) is 0 Å². The summed E-state index contributed by atoms with van der Waals surface area (Å²) in [4.78, 5) is 0. The van der Waals surface area contributed by atoms with Gasteiger partial charge in [-0.2, -0.15) is 11.8 Å². The molecule has 1 rings (SSSR count). The zero-order valence-corrected chi connectivity index (χ0v) is 11.9. The van der Waals surface area contributed by atoms with E-state index in [1.807, 2.05) is 11.8 Å². The van der Waals surface area contributed by atoms with Crippen LogP contribution in [0.5, 0.6) is 0 Å². The molecule has 102 valence electrons. The summed E-state index contributed by atoms with van der Waals surface area (Å²) in [5.41, 5.74) is 0. The number of hydrogen-bond acceptors (Lipinski definition) is 4. The molecule has 0 amide bonds. The van der Waals surface area contributed by atoms with E-state index in [-0.39, 0.29) is 0 Å². The minimum absolute atomic E-state index is 0.324. The van der Waals surface area contributed by atoms with Gasteiger partial charge in [-0.1, -0.05) is 6.42 Å². The molecule has 1 aliphatic rings. The molecular weight excluding hydrogens is 232 g/mol. The van der Waals surface area contributed by atoms with Crippen LogP contribution in [0.2, 0.25) is 0 Å². The summed E-state index contributed by atoms with van der Waals surface area (Å²) in [6.45, 7) is 4.90. The van der Waals surface area contributed by atoms with Gasteiger partial charge in [0.15, 0.2) is 0 Å². The van der Waals surface area contributed by atoms with Crippen molar-refractivity contribution in [2.24, 2.45) is 0 Å². The zero-order chi connectivity index (χ0) is 12.3. The monoisotopic (exact) mass is 260 g/mol. The average molecular weight is 260 g/mol. The molecular formula is C13H28N2OS. The van der Waals surface area contributed by atoms with E-state index in [1.165, 1.54) is 32.2 Å². The lowest BCUT2D eigenvalue weighted by Crippen LogP contribution is -2.40. The van der Waals surface area contributed by atoms with Gasteiger partial charge < -0.3 is 15.7 Å². The van der Waals surface area contributed by atoms with Crippen LogP contribution in [-0.2, 0) is 0 Å². The van der Waals surface area contributed by atoms with E-state index < -0.39 is 0 Å². The van der Waals surface area contributed by atoms with E-state index in [1.54, 1.807) is 0 Å². The molecule has 2 atom stereocenters. The summed E-state index contributed by atoms with van der Waals surface area (Å²) in [6, 6.07) is 1.34. The molecule has 4 heteroatoms. The van der Waals surface area contributed by atoms with Gasteiger partial charge in [0, 0.05) is 31.0 Å². The van der Waals surface area contributed by atoms with Crippen molar-refractivity contribution >= 4 is 11.8 Å². The molecule has 0 aliphatic carbocycles. The van der Waals surface area contributed by atoms with Crippen molar-refractivity contribution in [1.82, 2.24) is 10.6 Å². The van der Waals surface area contributed by atoms with Crippen LogP contribution < -0.4 is 10.6 Å². The predicted octanol–water partition coefficient (Wildman–Crippen LogP) is 1.61. The topological polar surface area (TPSA) is 44.3 Å². The molecule has 0 aromatic carbocycles. The van der Waals surface area contributed by atoms with Crippen LogP contribution in [-0.4, -0.2) is 48.4 Å². The first-order valence-corrected chi connectivity index (χ1v) is 8.13. The van der Waals surface area contributed by atoms with Crippen LogP contribution >= 0.6 is 11.8 Å². The van der Waals surface area contributed by atoms with Gasteiger partial charge in [0.05, 0.1) is 0 Å². The molecule has 0 aromatic rings. The van der Waals surface area contributed by atoms with Gasteiger partial charge in [0.1, 0.15) is 0 Å². The minimum Gasteiger partial charge on any atom is -0.396 e. The average Bonchev–Trinajstić information content (AvgIpc) is 2.35. The van der Waals surface area contributed by atoms with Crippen molar-refractivity contribution in [3.63, 3.8) is 0 Å². The second-order valence-corrected chi connectivity index (χ2v) is 6.15. The van der Waals surface area contributed by atoms with Crippen LogP contribution in [0.1, 0.15) is 39.0 Å². The Bertz CT molecular complexity index is 175. The Morgan fingerprint density at radius 2 is 2.29 bits per heavy atom. The SMILES string of the molecule is CC(CC1CCCCN1)NCCSCCCO. The quantitative estimate of drug-likeness (QED) is 0.551. The van der Waals surface area contributed by atoms with Crippen molar-refractivity contribution < 1.29 is 5.11 Å². The number of aliphatic hydroxyl groups is 1. The first kappa shape index (κ1) is 15.3. The van der Waals surface area contributed by atoms with Crippen LogP contribution in [0.4, 0.5) is 0 Å². The third kappa shape index (κ3) is 8.03. The van der Waals surface area contributed by atoms with E-state index >= 15 is 0 Å². The van der Waals surface area contributed by atoms with Gasteiger partial charge in [0.2, 0.25) is 0 Å². The fraction of sp³-hybridized carbons (Fsp3) is 1.00. The van der Waals surface area contributed by atoms with Crippen molar-refractivity contribution in [2.75, 3.05) is 31.2 Å². The van der Waals surface area contributed by atoms with Gasteiger partial charge in [-0.3, -0.25) is 0 Å². The highest BCUT2D eigenvalue weighted by Gasteiger charge is 2.14. The molecule has 0 bridgehead atoms. The number of thioether (sulfide) groups is 1. The van der Waals surface area contributed by atoms with E-state index in [0.29, 0.717) is 12.6 Å². The summed E-state index contributed by atoms with van der Waals surface area (Å²) in [5, 5.41) is 15.8. The lowest BCUT2D eigenvalue weighted by molar-refractivity contribution is 0.296. The second-order valence-electron chi connectivity index (χ2n) is 4.93. The highest BCUT2D eigenvalue weighted by Crippen LogP contribution is 2.11. The number of aliphatic hydroxyl groups excluding tert-OH is 1. The Balaban J connectivity index is 1.91. The normalized spacial score (nSPS) is 22.6. The summed E-state index contributed by atoms with van der Waals surface area (Å²) in [6.07, 6.45) is 6.26. The minimum atomic E-state index is 0.324. The van der Waals surface area contributed by atoms with Crippen molar-refractivity contribution in [3.8, 4) is 0 Å². The Kier molecular flexibility index (Phi) is 9.16. The highest BCUT2D eigenvalue weighted by molar-refractivity contribution is 7.99. The van der Waals surface area contributed by atoms with Crippen LogP contribution in [0, 0.1) is 0 Å². The van der Waals surface area contributed by atoms with Crippen molar-refractivity contribution in [2.45, 2.75) is 51.1 Å². The lowest BCUT2D eigenvalue weighted by Gasteiger charge is -2.26. The molecule has 0 spiro atoms. The van der Waals surface area contributed by atoms with Gasteiger partial charge in [-0.15, -0.1) is 0 Å². The molecule has 1 heterocycles. The second kappa shape index (κ2) is 10.2. The largest absolute Gasteiger partial charge is 0.396 e. The zero-order valence-electron chi connectivity index (χ0n) is 11.1. The summed E-state index contributed by atoms with van der Waals surface area (Å²) in [5.74, 6) is 2.24. The van der Waals surface area contributed by atoms with Crippen LogP contribution in [0.15, 0.2) is 0 Å². The Morgan fingerprint density at radius 3 is 3.00 bits per heavy atom. The predicted molar refractivity (Wildman–Crippen MR) is 76.8 cm³/mol. The molecule has 17 heavy (non-hydrogen) atoms. The maximum absolute atomic E-state index is 8.66. The standard InChI is InChI=1S/C13H28N2OS/c1-12(11-13-5-2-3-6-15-13)14-7-10-17-9-4-8-16/h12-16H,2-11H2,1H3. The molecule has 0 aromatic heterocycles. The van der Waals surface area contributed by atoms with Gasteiger partial charge in [0.25, 0.3) is 0 Å². The van der Waals surface area contributed by atoms with Gasteiger partial charge >= 0.3 is 0 Å². The highest BCUT2D eigenvalue weighted by atomic mass is 32.2. The van der Waals surface area contributed by atoms with E-state index in [4.69, 9.17) is 5.11 Å². The molecule has 3 N–H and O–H groups in total. The van der Waals surface area contributed by atoms with Gasteiger partial charge in [-0.05, 0) is 44.9 Å². The number of nitrogens with one attached hydrogen (secondary N) is 2. The maximum atomic E-state index is 8.66. The molecule has 1 saturated heterocycles. The molecule has 0 saturated carbocycles. The third-order valence-electron chi connectivity index (χ3n) is 3.24. The lowest BCUT2D eigenvalue weighted by atomic mass is 9.99. The number of rotatable bonds is 9. The van der Waals surface area contributed by atoms with E-state index in [2.05, 4.69) is 17.6 Å². The number of hydrogen-bond donors (Lipinski definition) is 3. The maximum Gasteiger partial charge on any atom is 0.0438 e. The van der Waals surface area contributed by atoms with E-state index in [0.717, 1.165) is 30.5 Å². The Hall–Kier alpha value is 0.230. The third-order valence-corrected chi connectivity index (χ3v) is 4.31. The molecule has 1 aliphatic heterocycles. The van der Waals surface area contributed by atoms with Crippen molar-refractivity contribution in [1.29, 1.82) is 0 Å². The first-order valence-electron chi connectivity index (χ1n) is 6.98. The van der Waals surface area contributed by atoms with E-state index in [9.17, 15) is 0 Å².